The minimum absolute atomic E-state index is 0.445. The number of ether oxygens (including phenoxy) is 1. The van der Waals surface area contributed by atoms with Gasteiger partial charge >= 0.3 is 0 Å². The first-order chi connectivity index (χ1) is 9.15. The molecular weight excluding hydrogens is 256 g/mol. The van der Waals surface area contributed by atoms with E-state index in [4.69, 9.17) is 15.5 Å². The largest absolute Gasteiger partial charge is 0.497 e. The van der Waals surface area contributed by atoms with Gasteiger partial charge in [-0.1, -0.05) is 26.0 Å². The molecule has 0 aliphatic carbocycles. The van der Waals surface area contributed by atoms with Crippen molar-refractivity contribution < 1.29 is 4.74 Å². The summed E-state index contributed by atoms with van der Waals surface area (Å²) in [5, 5.41) is 1.17. The van der Waals surface area contributed by atoms with E-state index in [1.54, 1.807) is 18.4 Å². The molecule has 2 aromatic rings. The number of methoxy groups -OCH3 is 1. The molecule has 0 spiro atoms. The van der Waals surface area contributed by atoms with Crippen LogP contribution in [0.2, 0.25) is 0 Å². The van der Waals surface area contributed by atoms with Crippen molar-refractivity contribution in [3.8, 4) is 17.0 Å². The van der Waals surface area contributed by atoms with Crippen molar-refractivity contribution in [1.82, 2.24) is 4.98 Å². The molecule has 0 bridgehead atoms. The van der Waals surface area contributed by atoms with E-state index in [1.807, 2.05) is 18.2 Å². The molecule has 0 aliphatic rings. The van der Waals surface area contributed by atoms with Gasteiger partial charge < -0.3 is 10.5 Å². The number of hydrogen-bond donors (Lipinski definition) is 1. The van der Waals surface area contributed by atoms with E-state index < -0.39 is 0 Å². The number of thiazole rings is 1. The molecule has 2 rings (SSSR count). The zero-order chi connectivity index (χ0) is 13.8. The fourth-order valence-corrected chi connectivity index (χ4v) is 3.02. The number of hydrogen-bond acceptors (Lipinski definition) is 4. The van der Waals surface area contributed by atoms with Crippen LogP contribution in [0.3, 0.4) is 0 Å². The Morgan fingerprint density at radius 3 is 2.79 bits per heavy atom. The lowest BCUT2D eigenvalue weighted by Crippen LogP contribution is -2.02. The molecule has 0 unspecified atom stereocenters. The van der Waals surface area contributed by atoms with Crippen molar-refractivity contribution in [2.45, 2.75) is 26.2 Å². The summed E-state index contributed by atoms with van der Waals surface area (Å²) in [7, 11) is 1.68. The summed E-state index contributed by atoms with van der Waals surface area (Å²) in [5.74, 6) is 1.30. The predicted octanol–water partition coefficient (Wildman–Crippen LogP) is 3.44. The summed E-state index contributed by atoms with van der Waals surface area (Å²) in [6.07, 6.45) is 0.872. The fourth-order valence-electron chi connectivity index (χ4n) is 1.91. The van der Waals surface area contributed by atoms with Gasteiger partial charge in [-0.05, 0) is 25.1 Å². The van der Waals surface area contributed by atoms with Crippen LogP contribution in [0.5, 0.6) is 5.75 Å². The summed E-state index contributed by atoms with van der Waals surface area (Å²) in [4.78, 5) is 6.04. The van der Waals surface area contributed by atoms with Crippen molar-refractivity contribution in [1.29, 1.82) is 0 Å². The molecule has 0 saturated carbocycles. The maximum atomic E-state index is 5.70. The fraction of sp³-hybridized carbons (Fsp3) is 0.400. The highest BCUT2D eigenvalue weighted by Gasteiger charge is 2.14. The van der Waals surface area contributed by atoms with Gasteiger partial charge in [0.2, 0.25) is 0 Å². The maximum absolute atomic E-state index is 5.70. The van der Waals surface area contributed by atoms with Gasteiger partial charge in [0, 0.05) is 16.4 Å². The Kier molecular flexibility index (Phi) is 4.56. The Hall–Kier alpha value is -1.39. The Morgan fingerprint density at radius 1 is 1.37 bits per heavy atom. The van der Waals surface area contributed by atoms with E-state index in [-0.39, 0.29) is 0 Å². The molecule has 0 aliphatic heterocycles. The second kappa shape index (κ2) is 6.17. The van der Waals surface area contributed by atoms with Crippen LogP contribution in [0, 0.1) is 0 Å². The van der Waals surface area contributed by atoms with E-state index in [9.17, 15) is 0 Å². The molecule has 0 fully saturated rings. The van der Waals surface area contributed by atoms with Crippen LogP contribution in [0.15, 0.2) is 24.3 Å². The molecule has 0 saturated heterocycles. The Labute approximate surface area is 118 Å². The molecule has 0 radical (unpaired) electrons. The van der Waals surface area contributed by atoms with E-state index in [1.165, 1.54) is 9.88 Å². The van der Waals surface area contributed by atoms with E-state index in [2.05, 4.69) is 19.9 Å². The highest BCUT2D eigenvalue weighted by molar-refractivity contribution is 7.12. The summed E-state index contributed by atoms with van der Waals surface area (Å²) in [6.45, 7) is 4.98. The van der Waals surface area contributed by atoms with Crippen LogP contribution < -0.4 is 10.5 Å². The van der Waals surface area contributed by atoms with Crippen molar-refractivity contribution in [2.24, 2.45) is 5.73 Å². The number of nitrogens with two attached hydrogens (primary N) is 1. The molecule has 3 nitrogen and oxygen atoms in total. The molecule has 0 atom stereocenters. The lowest BCUT2D eigenvalue weighted by Gasteiger charge is -2.04. The predicted molar refractivity (Wildman–Crippen MR) is 80.9 cm³/mol. The second-order valence-electron chi connectivity index (χ2n) is 4.75. The van der Waals surface area contributed by atoms with Crippen LogP contribution in [0.4, 0.5) is 0 Å². The number of nitrogens with zero attached hydrogens (tertiary/aromatic N) is 1. The third-order valence-electron chi connectivity index (χ3n) is 2.92. The van der Waals surface area contributed by atoms with Crippen LogP contribution in [-0.4, -0.2) is 18.6 Å². The van der Waals surface area contributed by atoms with Gasteiger partial charge in [-0.25, -0.2) is 4.98 Å². The van der Waals surface area contributed by atoms with Crippen LogP contribution in [-0.2, 0) is 6.42 Å². The topological polar surface area (TPSA) is 48.1 Å². The van der Waals surface area contributed by atoms with Gasteiger partial charge in [0.05, 0.1) is 17.8 Å². The first-order valence-electron chi connectivity index (χ1n) is 6.49. The summed E-state index contributed by atoms with van der Waals surface area (Å²) >= 11 is 1.77. The number of aromatic nitrogens is 1. The van der Waals surface area contributed by atoms with Crippen molar-refractivity contribution in [3.63, 3.8) is 0 Å². The molecule has 102 valence electrons. The molecule has 1 aromatic carbocycles. The highest BCUT2D eigenvalue weighted by atomic mass is 32.1. The SMILES string of the molecule is COc1cccc(-c2nc(C(C)C)sc2CCN)c1. The quantitative estimate of drug-likeness (QED) is 0.910. The van der Waals surface area contributed by atoms with Crippen LogP contribution in [0.25, 0.3) is 11.3 Å². The first-order valence-corrected chi connectivity index (χ1v) is 7.31. The van der Waals surface area contributed by atoms with Gasteiger partial charge in [0.1, 0.15) is 5.75 Å². The van der Waals surface area contributed by atoms with Crippen molar-refractivity contribution >= 4 is 11.3 Å². The van der Waals surface area contributed by atoms with Crippen molar-refractivity contribution in [3.05, 3.63) is 34.2 Å². The van der Waals surface area contributed by atoms with Crippen LogP contribution in [0.1, 0.15) is 29.7 Å². The van der Waals surface area contributed by atoms with Crippen LogP contribution >= 0.6 is 11.3 Å². The lowest BCUT2D eigenvalue weighted by molar-refractivity contribution is 0.415. The van der Waals surface area contributed by atoms with E-state index >= 15 is 0 Å². The Bertz CT molecular complexity index is 549. The molecule has 1 heterocycles. The zero-order valence-electron chi connectivity index (χ0n) is 11.6. The normalized spacial score (nSPS) is 11.0. The highest BCUT2D eigenvalue weighted by Crippen LogP contribution is 2.33. The molecule has 1 aromatic heterocycles. The van der Waals surface area contributed by atoms with Gasteiger partial charge in [-0.3, -0.25) is 0 Å². The lowest BCUT2D eigenvalue weighted by atomic mass is 10.1. The third kappa shape index (κ3) is 3.14. The monoisotopic (exact) mass is 276 g/mol. The van der Waals surface area contributed by atoms with E-state index in [0.717, 1.165) is 23.4 Å². The van der Waals surface area contributed by atoms with Crippen molar-refractivity contribution in [2.75, 3.05) is 13.7 Å². The van der Waals surface area contributed by atoms with Gasteiger partial charge in [-0.15, -0.1) is 11.3 Å². The molecule has 2 N–H and O–H groups in total. The Balaban J connectivity index is 2.46. The smallest absolute Gasteiger partial charge is 0.119 e. The second-order valence-corrected chi connectivity index (χ2v) is 5.86. The molecular formula is C15H20N2OS. The van der Waals surface area contributed by atoms with E-state index in [0.29, 0.717) is 12.5 Å². The minimum atomic E-state index is 0.445. The summed E-state index contributed by atoms with van der Waals surface area (Å²) in [5.41, 5.74) is 7.86. The molecule has 19 heavy (non-hydrogen) atoms. The average molecular weight is 276 g/mol. The Morgan fingerprint density at radius 2 is 2.16 bits per heavy atom. The first kappa shape index (κ1) is 14.0. The average Bonchev–Trinajstić information content (AvgIpc) is 2.83. The third-order valence-corrected chi connectivity index (χ3v) is 4.34. The van der Waals surface area contributed by atoms with Gasteiger partial charge in [0.15, 0.2) is 0 Å². The standard InChI is InChI=1S/C15H20N2OS/c1-10(2)15-17-14(13(19-15)7-8-16)11-5-4-6-12(9-11)18-3/h4-6,9-10H,7-8,16H2,1-3H3. The molecule has 4 heteroatoms. The summed E-state index contributed by atoms with van der Waals surface area (Å²) < 4.78 is 5.28. The number of rotatable bonds is 5. The summed E-state index contributed by atoms with van der Waals surface area (Å²) in [6, 6.07) is 8.04. The minimum Gasteiger partial charge on any atom is -0.497 e. The van der Waals surface area contributed by atoms with Gasteiger partial charge in [-0.2, -0.15) is 0 Å². The maximum Gasteiger partial charge on any atom is 0.119 e. The number of benzene rings is 1. The van der Waals surface area contributed by atoms with Gasteiger partial charge in [0.25, 0.3) is 0 Å². The zero-order valence-corrected chi connectivity index (χ0v) is 12.5. The molecule has 0 amide bonds.